The number of benzene rings is 2. The van der Waals surface area contributed by atoms with Crippen molar-refractivity contribution in [2.45, 2.75) is 38.5 Å². The summed E-state index contributed by atoms with van der Waals surface area (Å²) >= 11 is 0. The molecule has 1 saturated heterocycles. The zero-order valence-corrected chi connectivity index (χ0v) is 23.7. The number of nitrogens with two attached hydrogens (primary N) is 1. The minimum atomic E-state index is -2.96. The standard InChI is InChI=1S/C29H32F2N8O4/c1-3-42-29(32)35-26-25(27(41)36-29)34-22(16-39(26)18-5-7-20(8-6-18)43-28(30)31)17-4-9-21-23(14-17)37(2)24(33-21)11-13-38-12-10-19(40)15-38/h4-9,14,16,19,28,40H,3,10-13,15,32H2,1-2H3,(H,36,41). The van der Waals surface area contributed by atoms with Crippen molar-refractivity contribution < 1.29 is 28.2 Å². The average molecular weight is 595 g/mol. The first-order valence-corrected chi connectivity index (χ1v) is 14.0. The molecule has 0 spiro atoms. The van der Waals surface area contributed by atoms with Crippen LogP contribution in [-0.4, -0.2) is 81.9 Å². The fourth-order valence-corrected chi connectivity index (χ4v) is 5.47. The summed E-state index contributed by atoms with van der Waals surface area (Å²) in [6.45, 7) is 1.30. The van der Waals surface area contributed by atoms with Gasteiger partial charge in [0.15, 0.2) is 11.5 Å². The molecule has 6 rings (SSSR count). The lowest BCUT2D eigenvalue weighted by Crippen LogP contribution is -2.64. The first-order chi connectivity index (χ1) is 20.6. The van der Waals surface area contributed by atoms with E-state index in [1.165, 1.54) is 12.1 Å². The molecule has 1 fully saturated rings. The molecule has 0 saturated carbocycles. The molecular weight excluding hydrogens is 562 g/mol. The number of amidine groups is 1. The normalized spacial score (nSPS) is 22.4. The number of nitrogens with zero attached hydrogens (tertiary/aromatic N) is 6. The van der Waals surface area contributed by atoms with E-state index in [1.54, 1.807) is 30.2 Å². The number of halogens is 2. The van der Waals surface area contributed by atoms with E-state index in [4.69, 9.17) is 15.5 Å². The number of anilines is 1. The molecule has 14 heteroatoms. The van der Waals surface area contributed by atoms with Gasteiger partial charge in [0.1, 0.15) is 11.6 Å². The van der Waals surface area contributed by atoms with Gasteiger partial charge in [0, 0.05) is 57.2 Å². The number of alkyl halides is 2. The summed E-state index contributed by atoms with van der Waals surface area (Å²) in [6.07, 6.45) is 2.95. The zero-order valence-electron chi connectivity index (χ0n) is 23.7. The third kappa shape index (κ3) is 5.86. The number of carbonyl (C=O) groups excluding carboxylic acids is 1. The Bertz CT molecular complexity index is 1640. The van der Waals surface area contributed by atoms with Crippen molar-refractivity contribution in [3.8, 4) is 5.75 Å². The number of aryl methyl sites for hydroxylation is 1. The molecule has 43 heavy (non-hydrogen) atoms. The fourth-order valence-electron chi connectivity index (χ4n) is 5.47. The van der Waals surface area contributed by atoms with Crippen molar-refractivity contribution in [3.63, 3.8) is 0 Å². The maximum absolute atomic E-state index is 13.2. The van der Waals surface area contributed by atoms with Crippen molar-refractivity contribution in [1.29, 1.82) is 0 Å². The smallest absolute Gasteiger partial charge is 0.387 e. The Morgan fingerprint density at radius 2 is 2.02 bits per heavy atom. The highest BCUT2D eigenvalue weighted by molar-refractivity contribution is 6.70. The maximum Gasteiger partial charge on any atom is 0.387 e. The van der Waals surface area contributed by atoms with Gasteiger partial charge in [0.2, 0.25) is 0 Å². The first-order valence-electron chi connectivity index (χ1n) is 14.0. The second kappa shape index (κ2) is 11.4. The number of ether oxygens (including phenoxy) is 2. The van der Waals surface area contributed by atoms with Crippen LogP contribution in [0.5, 0.6) is 5.75 Å². The molecule has 4 N–H and O–H groups in total. The number of carbonyl (C=O) groups is 1. The number of aliphatic hydroxyl groups excluding tert-OH is 1. The largest absolute Gasteiger partial charge is 0.435 e. The van der Waals surface area contributed by atoms with Crippen molar-refractivity contribution >= 4 is 39.9 Å². The van der Waals surface area contributed by atoms with Crippen LogP contribution >= 0.6 is 0 Å². The van der Waals surface area contributed by atoms with Crippen LogP contribution in [0.15, 0.2) is 58.6 Å². The number of imidazole rings is 1. The minimum absolute atomic E-state index is 0.0157. The van der Waals surface area contributed by atoms with E-state index in [1.807, 2.05) is 29.8 Å². The molecule has 2 atom stereocenters. The highest BCUT2D eigenvalue weighted by atomic mass is 19.3. The van der Waals surface area contributed by atoms with E-state index in [0.29, 0.717) is 17.9 Å². The van der Waals surface area contributed by atoms with Gasteiger partial charge in [-0.2, -0.15) is 13.8 Å². The first kappa shape index (κ1) is 28.9. The Kier molecular flexibility index (Phi) is 7.68. The summed E-state index contributed by atoms with van der Waals surface area (Å²) in [5.41, 5.74) is 9.64. The summed E-state index contributed by atoms with van der Waals surface area (Å²) in [7, 11) is 1.96. The van der Waals surface area contributed by atoms with Gasteiger partial charge in [0.25, 0.3) is 5.91 Å². The number of rotatable bonds is 9. The van der Waals surface area contributed by atoms with Crippen LogP contribution in [0.25, 0.3) is 16.7 Å². The van der Waals surface area contributed by atoms with Crippen LogP contribution in [0.3, 0.4) is 0 Å². The predicted octanol–water partition coefficient (Wildman–Crippen LogP) is 2.18. The molecular formula is C29H32F2N8O4. The van der Waals surface area contributed by atoms with E-state index in [9.17, 15) is 18.7 Å². The number of hydrogen-bond donors (Lipinski definition) is 3. The summed E-state index contributed by atoms with van der Waals surface area (Å²) in [5.74, 6) is -1.34. The van der Waals surface area contributed by atoms with Crippen LogP contribution in [-0.2, 0) is 23.0 Å². The molecule has 0 bridgehead atoms. The summed E-state index contributed by atoms with van der Waals surface area (Å²) in [5, 5.41) is 12.4. The summed E-state index contributed by atoms with van der Waals surface area (Å²) < 4.78 is 37.5. The minimum Gasteiger partial charge on any atom is -0.435 e. The van der Waals surface area contributed by atoms with Crippen molar-refractivity contribution in [2.75, 3.05) is 31.1 Å². The molecule has 0 aliphatic carbocycles. The number of aliphatic imine (C=N–C) groups is 2. The van der Waals surface area contributed by atoms with Crippen molar-refractivity contribution in [3.05, 3.63) is 60.1 Å². The highest BCUT2D eigenvalue weighted by Crippen LogP contribution is 2.31. The number of fused-ring (bicyclic) bond motifs is 2. The Labute approximate surface area is 246 Å². The van der Waals surface area contributed by atoms with E-state index in [2.05, 4.69) is 24.9 Å². The molecule has 3 aromatic rings. The number of β-amino-alcohol motifs (C(OH)–C–C–N with tert-alkyl or cyclic N) is 1. The third-order valence-electron chi connectivity index (χ3n) is 7.58. The van der Waals surface area contributed by atoms with Crippen LogP contribution in [0, 0.1) is 0 Å². The van der Waals surface area contributed by atoms with Crippen LogP contribution in [0.2, 0.25) is 0 Å². The quantitative estimate of drug-likeness (QED) is 0.320. The van der Waals surface area contributed by atoms with Gasteiger partial charge >= 0.3 is 12.6 Å². The van der Waals surface area contributed by atoms with Gasteiger partial charge in [-0.3, -0.25) is 20.7 Å². The van der Waals surface area contributed by atoms with Crippen molar-refractivity contribution in [1.82, 2.24) is 19.8 Å². The van der Waals surface area contributed by atoms with Crippen LogP contribution in [0.1, 0.15) is 24.7 Å². The monoisotopic (exact) mass is 594 g/mol. The van der Waals surface area contributed by atoms with E-state index in [0.717, 1.165) is 48.4 Å². The number of nitrogens with one attached hydrogen (secondary N) is 1. The molecule has 3 aliphatic heterocycles. The average Bonchev–Trinajstić information content (AvgIpc) is 3.53. The lowest BCUT2D eigenvalue weighted by molar-refractivity contribution is -0.126. The molecule has 1 amide bonds. The number of aliphatic hydroxyl groups is 1. The summed E-state index contributed by atoms with van der Waals surface area (Å²) in [4.78, 5) is 31.0. The molecule has 2 aromatic carbocycles. The Hall–Kier alpha value is -4.24. The molecule has 12 nitrogen and oxygen atoms in total. The van der Waals surface area contributed by atoms with Gasteiger partial charge in [-0.05, 0) is 49.7 Å². The van der Waals surface area contributed by atoms with Crippen LogP contribution in [0.4, 0.5) is 14.5 Å². The van der Waals surface area contributed by atoms with Gasteiger partial charge in [-0.25, -0.2) is 9.98 Å². The Balaban J connectivity index is 1.36. The molecule has 3 aliphatic rings. The lowest BCUT2D eigenvalue weighted by Gasteiger charge is -2.36. The lowest BCUT2D eigenvalue weighted by atomic mass is 10.1. The number of aromatic nitrogens is 2. The number of hydrogen-bond acceptors (Lipinski definition) is 10. The second-order valence-electron chi connectivity index (χ2n) is 10.5. The molecule has 4 heterocycles. The summed E-state index contributed by atoms with van der Waals surface area (Å²) in [6, 6.07) is 11.7. The van der Waals surface area contributed by atoms with Gasteiger partial charge in [-0.1, -0.05) is 6.07 Å². The number of amides is 1. The molecule has 2 unspecified atom stereocenters. The Morgan fingerprint density at radius 3 is 2.72 bits per heavy atom. The van der Waals surface area contributed by atoms with Gasteiger partial charge < -0.3 is 24.0 Å². The van der Waals surface area contributed by atoms with Crippen LogP contribution < -0.4 is 20.7 Å². The van der Waals surface area contributed by atoms with E-state index in [-0.39, 0.29) is 30.0 Å². The topological polar surface area (TPSA) is 143 Å². The van der Waals surface area contributed by atoms with Gasteiger partial charge in [0.05, 0.1) is 22.8 Å². The third-order valence-corrected chi connectivity index (χ3v) is 7.58. The Morgan fingerprint density at radius 1 is 1.23 bits per heavy atom. The zero-order chi connectivity index (χ0) is 30.3. The SMILES string of the molecule is CCOC1(N)N=C2C(=NC(c3ccc4nc(CCN5CCC(O)C5)n(C)c4c3)=CN2c2ccc(OC(F)F)cc2)C(=O)N1. The van der Waals surface area contributed by atoms with Crippen molar-refractivity contribution in [2.24, 2.45) is 22.8 Å². The second-order valence-corrected chi connectivity index (χ2v) is 10.5. The fraction of sp³-hybridized carbons (Fsp3) is 0.379. The number of likely N-dealkylation sites (tertiary alicyclic amines) is 1. The maximum atomic E-state index is 13.2. The van der Waals surface area contributed by atoms with E-state index >= 15 is 0 Å². The molecule has 0 radical (unpaired) electrons. The molecule has 1 aromatic heterocycles. The highest BCUT2D eigenvalue weighted by Gasteiger charge is 2.41. The molecule has 226 valence electrons. The van der Waals surface area contributed by atoms with Gasteiger partial charge in [-0.15, -0.1) is 0 Å². The van der Waals surface area contributed by atoms with E-state index < -0.39 is 18.5 Å². The predicted molar refractivity (Wildman–Crippen MR) is 157 cm³/mol.